The second-order valence-corrected chi connectivity index (χ2v) is 5.44. The molecule has 1 aromatic rings. The summed E-state index contributed by atoms with van der Waals surface area (Å²) in [7, 11) is 1.82. The van der Waals surface area contributed by atoms with E-state index in [1.807, 2.05) is 13.1 Å². The fourth-order valence-corrected chi connectivity index (χ4v) is 2.23. The van der Waals surface area contributed by atoms with Gasteiger partial charge < -0.3 is 4.90 Å². The van der Waals surface area contributed by atoms with Gasteiger partial charge >= 0.3 is 6.03 Å². The fraction of sp³-hybridized carbons (Fsp3) is 0.692. The Kier molecular flexibility index (Phi) is 6.12. The van der Waals surface area contributed by atoms with Crippen LogP contribution in [0, 0.1) is 0 Å². The van der Waals surface area contributed by atoms with Gasteiger partial charge in [-0.2, -0.15) is 4.37 Å². The molecule has 0 spiro atoms. The van der Waals surface area contributed by atoms with Crippen molar-refractivity contribution < 1.29 is 4.79 Å². The van der Waals surface area contributed by atoms with E-state index in [0.29, 0.717) is 5.92 Å². The summed E-state index contributed by atoms with van der Waals surface area (Å²) in [5.41, 5.74) is 1.06. The third kappa shape index (κ3) is 4.29. The highest BCUT2D eigenvalue weighted by Gasteiger charge is 2.12. The molecule has 1 unspecified atom stereocenters. The molecule has 1 heterocycles. The third-order valence-electron chi connectivity index (χ3n) is 3.07. The van der Waals surface area contributed by atoms with Crippen LogP contribution in [-0.4, -0.2) is 28.9 Å². The zero-order valence-corrected chi connectivity index (χ0v) is 12.5. The quantitative estimate of drug-likeness (QED) is 0.850. The van der Waals surface area contributed by atoms with E-state index in [0.717, 1.165) is 36.5 Å². The van der Waals surface area contributed by atoms with Crippen LogP contribution in [0.4, 0.5) is 9.80 Å². The summed E-state index contributed by atoms with van der Waals surface area (Å²) in [6.45, 7) is 7.20. The minimum absolute atomic E-state index is 0.0530. The number of nitrogens with one attached hydrogen (secondary N) is 1. The first-order valence-electron chi connectivity index (χ1n) is 6.57. The fourth-order valence-electron chi connectivity index (χ4n) is 1.49. The van der Waals surface area contributed by atoms with Crippen LogP contribution in [0.3, 0.4) is 0 Å². The minimum atomic E-state index is -0.0530. The number of amides is 2. The van der Waals surface area contributed by atoms with Gasteiger partial charge in [-0.25, -0.2) is 4.79 Å². The maximum atomic E-state index is 11.9. The SMILES string of the molecule is CCCCN(C)C(=O)Nc1cc(C(C)CC)ns1. The summed E-state index contributed by atoms with van der Waals surface area (Å²) < 4.78 is 4.37. The van der Waals surface area contributed by atoms with Crippen LogP contribution < -0.4 is 5.32 Å². The number of nitrogens with zero attached hydrogens (tertiary/aromatic N) is 2. The molecule has 0 saturated carbocycles. The van der Waals surface area contributed by atoms with Crippen molar-refractivity contribution in [2.24, 2.45) is 0 Å². The first-order chi connectivity index (χ1) is 8.58. The van der Waals surface area contributed by atoms with Crippen molar-refractivity contribution in [2.75, 3.05) is 18.9 Å². The predicted octanol–water partition coefficient (Wildman–Crippen LogP) is 3.92. The molecule has 0 fully saturated rings. The van der Waals surface area contributed by atoms with E-state index in [1.165, 1.54) is 11.5 Å². The van der Waals surface area contributed by atoms with Gasteiger partial charge in [0.1, 0.15) is 5.00 Å². The lowest BCUT2D eigenvalue weighted by Crippen LogP contribution is -2.31. The Morgan fingerprint density at radius 2 is 2.28 bits per heavy atom. The number of hydrogen-bond donors (Lipinski definition) is 1. The average Bonchev–Trinajstić information content (AvgIpc) is 2.83. The highest BCUT2D eigenvalue weighted by Crippen LogP contribution is 2.24. The van der Waals surface area contributed by atoms with Crippen molar-refractivity contribution in [1.29, 1.82) is 0 Å². The minimum Gasteiger partial charge on any atom is -0.328 e. The number of unbranched alkanes of at least 4 members (excludes halogenated alkanes) is 1. The number of hydrogen-bond acceptors (Lipinski definition) is 3. The molecule has 0 saturated heterocycles. The largest absolute Gasteiger partial charge is 0.328 e. The molecular weight excluding hydrogens is 246 g/mol. The van der Waals surface area contributed by atoms with Gasteiger partial charge in [0.2, 0.25) is 0 Å². The summed E-state index contributed by atoms with van der Waals surface area (Å²) in [5, 5.41) is 3.73. The third-order valence-corrected chi connectivity index (χ3v) is 3.79. The molecule has 0 aliphatic carbocycles. The molecule has 0 radical (unpaired) electrons. The Labute approximate surface area is 114 Å². The number of rotatable bonds is 6. The Hall–Kier alpha value is -1.10. The standard InChI is InChI=1S/C13H23N3OS/c1-5-7-8-16(4)13(17)14-12-9-11(15-18-12)10(3)6-2/h9-10H,5-8H2,1-4H3,(H,14,17). The predicted molar refractivity (Wildman–Crippen MR) is 77.4 cm³/mol. The Bertz CT molecular complexity index is 378. The van der Waals surface area contributed by atoms with E-state index in [4.69, 9.17) is 0 Å². The van der Waals surface area contributed by atoms with Gasteiger partial charge in [-0.1, -0.05) is 27.2 Å². The molecule has 0 aliphatic heterocycles. The number of urea groups is 1. The van der Waals surface area contributed by atoms with Crippen molar-refractivity contribution in [3.63, 3.8) is 0 Å². The maximum Gasteiger partial charge on any atom is 0.322 e. The molecule has 102 valence electrons. The Morgan fingerprint density at radius 3 is 2.89 bits per heavy atom. The number of anilines is 1. The van der Waals surface area contributed by atoms with Crippen molar-refractivity contribution >= 4 is 22.6 Å². The lowest BCUT2D eigenvalue weighted by Gasteiger charge is -2.16. The van der Waals surface area contributed by atoms with Crippen LogP contribution in [-0.2, 0) is 0 Å². The van der Waals surface area contributed by atoms with Crippen LogP contribution in [0.1, 0.15) is 51.6 Å². The molecule has 0 aliphatic rings. The summed E-state index contributed by atoms with van der Waals surface area (Å²) in [6.07, 6.45) is 3.19. The van der Waals surface area contributed by atoms with Gasteiger partial charge in [0.25, 0.3) is 0 Å². The highest BCUT2D eigenvalue weighted by molar-refractivity contribution is 7.10. The lowest BCUT2D eigenvalue weighted by molar-refractivity contribution is 0.222. The number of aromatic nitrogens is 1. The molecule has 5 heteroatoms. The monoisotopic (exact) mass is 269 g/mol. The van der Waals surface area contributed by atoms with E-state index < -0.39 is 0 Å². The van der Waals surface area contributed by atoms with Gasteiger partial charge in [-0.3, -0.25) is 5.32 Å². The Balaban J connectivity index is 2.51. The molecule has 1 atom stereocenters. The molecule has 1 rings (SSSR count). The van der Waals surface area contributed by atoms with Gasteiger partial charge in [0, 0.05) is 13.6 Å². The average molecular weight is 269 g/mol. The first-order valence-corrected chi connectivity index (χ1v) is 7.34. The van der Waals surface area contributed by atoms with Gasteiger partial charge in [0.05, 0.1) is 5.69 Å². The molecule has 1 aromatic heterocycles. The zero-order valence-electron chi connectivity index (χ0n) is 11.7. The Morgan fingerprint density at radius 1 is 1.56 bits per heavy atom. The molecule has 1 N–H and O–H groups in total. The van der Waals surface area contributed by atoms with Gasteiger partial charge in [-0.15, -0.1) is 0 Å². The van der Waals surface area contributed by atoms with Gasteiger partial charge in [-0.05, 0) is 36.4 Å². The van der Waals surface area contributed by atoms with E-state index in [-0.39, 0.29) is 6.03 Å². The number of carbonyl (C=O) groups is 1. The maximum absolute atomic E-state index is 11.9. The van der Waals surface area contributed by atoms with E-state index in [2.05, 4.69) is 30.5 Å². The van der Waals surface area contributed by atoms with E-state index >= 15 is 0 Å². The smallest absolute Gasteiger partial charge is 0.322 e. The van der Waals surface area contributed by atoms with Crippen LogP contribution in [0.2, 0.25) is 0 Å². The second kappa shape index (κ2) is 7.36. The van der Waals surface area contributed by atoms with Crippen molar-refractivity contribution in [2.45, 2.75) is 46.0 Å². The zero-order chi connectivity index (χ0) is 13.5. The molecule has 0 bridgehead atoms. The van der Waals surface area contributed by atoms with Crippen LogP contribution in [0.15, 0.2) is 6.07 Å². The summed E-state index contributed by atoms with van der Waals surface area (Å²) in [5.74, 6) is 0.449. The van der Waals surface area contributed by atoms with E-state index in [1.54, 1.807) is 4.90 Å². The van der Waals surface area contributed by atoms with Crippen molar-refractivity contribution in [1.82, 2.24) is 9.27 Å². The van der Waals surface area contributed by atoms with Crippen molar-refractivity contribution in [3.8, 4) is 0 Å². The molecule has 18 heavy (non-hydrogen) atoms. The molecule has 4 nitrogen and oxygen atoms in total. The molecule has 0 aromatic carbocycles. The van der Waals surface area contributed by atoms with Crippen LogP contribution >= 0.6 is 11.5 Å². The van der Waals surface area contributed by atoms with Gasteiger partial charge in [0.15, 0.2) is 0 Å². The molecular formula is C13H23N3OS. The highest BCUT2D eigenvalue weighted by atomic mass is 32.1. The first kappa shape index (κ1) is 15.0. The van der Waals surface area contributed by atoms with Crippen LogP contribution in [0.5, 0.6) is 0 Å². The summed E-state index contributed by atoms with van der Waals surface area (Å²) in [4.78, 5) is 13.6. The molecule has 2 amide bonds. The topological polar surface area (TPSA) is 45.2 Å². The summed E-state index contributed by atoms with van der Waals surface area (Å²) in [6, 6.07) is 1.92. The van der Waals surface area contributed by atoms with Crippen LogP contribution in [0.25, 0.3) is 0 Å². The summed E-state index contributed by atoms with van der Waals surface area (Å²) >= 11 is 1.35. The normalized spacial score (nSPS) is 12.2. The second-order valence-electron chi connectivity index (χ2n) is 4.63. The van der Waals surface area contributed by atoms with E-state index in [9.17, 15) is 4.79 Å². The van der Waals surface area contributed by atoms with Crippen molar-refractivity contribution in [3.05, 3.63) is 11.8 Å². The lowest BCUT2D eigenvalue weighted by atomic mass is 10.1. The number of carbonyl (C=O) groups excluding carboxylic acids is 1.